The van der Waals surface area contributed by atoms with Gasteiger partial charge in [0.1, 0.15) is 0 Å². The van der Waals surface area contributed by atoms with E-state index in [9.17, 15) is 0 Å². The fourth-order valence-electron chi connectivity index (χ4n) is 7.05. The highest BCUT2D eigenvalue weighted by molar-refractivity contribution is 5.29. The van der Waals surface area contributed by atoms with E-state index in [4.69, 9.17) is 4.74 Å². The second-order valence-electron chi connectivity index (χ2n) is 10.9. The first-order valence-electron chi connectivity index (χ1n) is 12.3. The second-order valence-corrected chi connectivity index (χ2v) is 10.9. The van der Waals surface area contributed by atoms with Crippen LogP contribution in [0.4, 0.5) is 0 Å². The van der Waals surface area contributed by atoms with E-state index in [1.807, 2.05) is 18.5 Å². The molecule has 1 saturated heterocycles. The van der Waals surface area contributed by atoms with Crippen LogP contribution in [-0.4, -0.2) is 47.8 Å². The number of aromatic nitrogens is 1. The van der Waals surface area contributed by atoms with Crippen molar-refractivity contribution in [2.24, 2.45) is 11.3 Å². The number of hydrogen-bond donors (Lipinski definition) is 1. The molecule has 2 aliphatic heterocycles. The van der Waals surface area contributed by atoms with E-state index in [2.05, 4.69) is 60.5 Å². The molecule has 0 radical (unpaired) electrons. The fourth-order valence-corrected chi connectivity index (χ4v) is 7.05. The number of rotatable bonds is 4. The molecule has 4 heteroatoms. The summed E-state index contributed by atoms with van der Waals surface area (Å²) in [6, 6.07) is 5.35. The van der Waals surface area contributed by atoms with Gasteiger partial charge in [0.25, 0.3) is 0 Å². The number of pyridine rings is 1. The molecule has 3 heterocycles. The van der Waals surface area contributed by atoms with Crippen molar-refractivity contribution in [1.82, 2.24) is 15.2 Å². The lowest BCUT2D eigenvalue weighted by molar-refractivity contribution is -0.0833. The van der Waals surface area contributed by atoms with Gasteiger partial charge in [-0.25, -0.2) is 0 Å². The van der Waals surface area contributed by atoms with Gasteiger partial charge in [0.15, 0.2) is 0 Å². The summed E-state index contributed by atoms with van der Waals surface area (Å²) in [5.74, 6) is 0.627. The molecule has 4 aliphatic rings. The number of nitrogens with zero attached hydrogens (tertiary/aromatic N) is 2. The van der Waals surface area contributed by atoms with Crippen molar-refractivity contribution in [1.29, 1.82) is 0 Å². The molecule has 0 aromatic carbocycles. The SMILES string of the molecule is CN(C)C1CCC2=CC=CCC3(C)C(NCc4cccnc4)CCC3C3CCC2(C1)O3. The fraction of sp³-hybridized carbons (Fsp3) is 0.667. The molecule has 4 nitrogen and oxygen atoms in total. The van der Waals surface area contributed by atoms with Crippen LogP contribution in [0.5, 0.6) is 0 Å². The van der Waals surface area contributed by atoms with E-state index in [1.54, 1.807) is 5.57 Å². The van der Waals surface area contributed by atoms with Gasteiger partial charge in [0, 0.05) is 31.0 Å². The third-order valence-corrected chi connectivity index (χ3v) is 8.96. The molecule has 2 aliphatic carbocycles. The molecule has 2 bridgehead atoms. The summed E-state index contributed by atoms with van der Waals surface area (Å²) in [5.41, 5.74) is 3.03. The van der Waals surface area contributed by atoms with Gasteiger partial charge < -0.3 is 15.0 Å². The summed E-state index contributed by atoms with van der Waals surface area (Å²) in [6.45, 7) is 3.41. The number of fused-ring (bicyclic) bond motifs is 3. The number of hydrogen-bond acceptors (Lipinski definition) is 4. The Morgan fingerprint density at radius 1 is 1.23 bits per heavy atom. The number of allylic oxidation sites excluding steroid dienone is 3. The Labute approximate surface area is 188 Å². The summed E-state index contributed by atoms with van der Waals surface area (Å²) in [6.07, 6.45) is 21.1. The molecular formula is C27H39N3O. The standard InChI is InChI=1S/C27H39N3O/c1-26-14-5-4-8-21-9-10-22(30(2)3)17-27(21)15-13-24(31-27)23(26)11-12-25(26)29-19-20-7-6-16-28-18-20/h4-8,16,18,22-25,29H,9-15,17,19H2,1-3H3. The van der Waals surface area contributed by atoms with Crippen LogP contribution in [0.1, 0.15) is 63.9 Å². The topological polar surface area (TPSA) is 37.4 Å². The van der Waals surface area contributed by atoms with Crippen LogP contribution < -0.4 is 5.32 Å². The van der Waals surface area contributed by atoms with Gasteiger partial charge >= 0.3 is 0 Å². The molecule has 6 atom stereocenters. The minimum absolute atomic E-state index is 0.0261. The van der Waals surface area contributed by atoms with E-state index in [0.717, 1.165) is 19.4 Å². The first-order chi connectivity index (χ1) is 15.0. The summed E-state index contributed by atoms with van der Waals surface area (Å²) >= 11 is 0. The van der Waals surface area contributed by atoms with E-state index in [-0.39, 0.29) is 11.0 Å². The van der Waals surface area contributed by atoms with Crippen molar-refractivity contribution in [2.45, 2.75) is 88.6 Å². The maximum absolute atomic E-state index is 7.13. The van der Waals surface area contributed by atoms with Gasteiger partial charge in [0.2, 0.25) is 0 Å². The molecule has 3 fully saturated rings. The van der Waals surface area contributed by atoms with Crippen LogP contribution >= 0.6 is 0 Å². The third kappa shape index (κ3) is 3.92. The third-order valence-electron chi connectivity index (χ3n) is 8.96. The summed E-state index contributed by atoms with van der Waals surface area (Å²) in [5, 5.41) is 3.91. The molecular weight excluding hydrogens is 382 g/mol. The molecule has 2 saturated carbocycles. The quantitative estimate of drug-likeness (QED) is 0.752. The lowest BCUT2D eigenvalue weighted by Crippen LogP contribution is -2.48. The van der Waals surface area contributed by atoms with Crippen LogP contribution in [0.25, 0.3) is 0 Å². The van der Waals surface area contributed by atoms with Gasteiger partial charge in [-0.1, -0.05) is 31.2 Å². The monoisotopic (exact) mass is 421 g/mol. The summed E-state index contributed by atoms with van der Waals surface area (Å²) < 4.78 is 7.13. The first-order valence-corrected chi connectivity index (χ1v) is 12.3. The number of ether oxygens (including phenoxy) is 1. The Hall–Kier alpha value is -1.49. The van der Waals surface area contributed by atoms with Crippen LogP contribution in [-0.2, 0) is 11.3 Å². The average molecular weight is 422 g/mol. The lowest BCUT2D eigenvalue weighted by atomic mass is 9.71. The molecule has 5 rings (SSSR count). The highest BCUT2D eigenvalue weighted by atomic mass is 16.5. The normalized spacial score (nSPS) is 39.8. The maximum atomic E-state index is 7.13. The molecule has 168 valence electrons. The highest BCUT2D eigenvalue weighted by Gasteiger charge is 2.55. The predicted octanol–water partition coefficient (Wildman–Crippen LogP) is 4.87. The van der Waals surface area contributed by atoms with Gasteiger partial charge in [0.05, 0.1) is 11.7 Å². The second kappa shape index (κ2) is 8.46. The molecule has 6 unspecified atom stereocenters. The average Bonchev–Trinajstić information content (AvgIpc) is 3.32. The lowest BCUT2D eigenvalue weighted by Gasteiger charge is -2.45. The zero-order valence-electron chi connectivity index (χ0n) is 19.5. The zero-order chi connectivity index (χ0) is 21.5. The predicted molar refractivity (Wildman–Crippen MR) is 126 cm³/mol. The summed E-state index contributed by atoms with van der Waals surface area (Å²) in [7, 11) is 4.46. The maximum Gasteiger partial charge on any atom is 0.0914 e. The van der Waals surface area contributed by atoms with Crippen LogP contribution in [0.15, 0.2) is 48.3 Å². The van der Waals surface area contributed by atoms with Gasteiger partial charge in [-0.2, -0.15) is 0 Å². The van der Waals surface area contributed by atoms with Crippen molar-refractivity contribution in [3.8, 4) is 0 Å². The van der Waals surface area contributed by atoms with Gasteiger partial charge in [-0.05, 0) is 94.0 Å². The Kier molecular flexibility index (Phi) is 5.83. The largest absolute Gasteiger partial charge is 0.367 e. The van der Waals surface area contributed by atoms with Crippen molar-refractivity contribution in [3.63, 3.8) is 0 Å². The van der Waals surface area contributed by atoms with Crippen LogP contribution in [0.2, 0.25) is 0 Å². The first kappa shape index (κ1) is 21.4. The van der Waals surface area contributed by atoms with Gasteiger partial charge in [-0.15, -0.1) is 0 Å². The molecule has 1 spiro atoms. The summed E-state index contributed by atoms with van der Waals surface area (Å²) in [4.78, 5) is 6.70. The number of nitrogens with one attached hydrogen (secondary N) is 1. The minimum Gasteiger partial charge on any atom is -0.367 e. The highest BCUT2D eigenvalue weighted by Crippen LogP contribution is 2.55. The van der Waals surface area contributed by atoms with E-state index in [1.165, 1.54) is 44.1 Å². The van der Waals surface area contributed by atoms with Gasteiger partial charge in [-0.3, -0.25) is 4.98 Å². The van der Waals surface area contributed by atoms with Crippen molar-refractivity contribution < 1.29 is 4.74 Å². The van der Waals surface area contributed by atoms with Crippen LogP contribution in [0.3, 0.4) is 0 Å². The Balaban J connectivity index is 1.38. The Morgan fingerprint density at radius 3 is 2.94 bits per heavy atom. The van der Waals surface area contributed by atoms with E-state index < -0.39 is 0 Å². The van der Waals surface area contributed by atoms with Crippen LogP contribution in [0, 0.1) is 11.3 Å². The minimum atomic E-state index is -0.0261. The van der Waals surface area contributed by atoms with E-state index in [0.29, 0.717) is 24.1 Å². The Bertz CT molecular complexity index is 834. The van der Waals surface area contributed by atoms with Crippen molar-refractivity contribution in [3.05, 3.63) is 53.9 Å². The molecule has 1 aromatic rings. The molecule has 1 aromatic heterocycles. The Morgan fingerprint density at radius 2 is 2.13 bits per heavy atom. The molecule has 31 heavy (non-hydrogen) atoms. The molecule has 0 amide bonds. The van der Waals surface area contributed by atoms with Crippen molar-refractivity contribution in [2.75, 3.05) is 14.1 Å². The smallest absolute Gasteiger partial charge is 0.0914 e. The zero-order valence-corrected chi connectivity index (χ0v) is 19.5. The van der Waals surface area contributed by atoms with E-state index >= 15 is 0 Å². The van der Waals surface area contributed by atoms with Crippen molar-refractivity contribution >= 4 is 0 Å². The molecule has 1 N–H and O–H groups in total.